The van der Waals surface area contributed by atoms with Crippen LogP contribution in [0.5, 0.6) is 0 Å². The molecular formula is C18H16Cl2N6O. The van der Waals surface area contributed by atoms with Crippen molar-refractivity contribution in [3.8, 4) is 12.1 Å². The second-order valence-corrected chi connectivity index (χ2v) is 6.29. The van der Waals surface area contributed by atoms with Crippen molar-refractivity contribution in [1.82, 2.24) is 0 Å². The molecule has 0 radical (unpaired) electrons. The van der Waals surface area contributed by atoms with Crippen LogP contribution in [0.1, 0.15) is 12.8 Å². The van der Waals surface area contributed by atoms with Crippen molar-refractivity contribution in [1.29, 1.82) is 10.5 Å². The third kappa shape index (κ3) is 5.75. The van der Waals surface area contributed by atoms with Crippen LogP contribution < -0.4 is 15.8 Å². The normalized spacial score (nSPS) is 9.78. The SMILES string of the molecule is N#CCCN(CCC#N)c1ccc(NNc2c(Cl)cc(N=O)cc2Cl)cc1. The summed E-state index contributed by atoms with van der Waals surface area (Å²) in [7, 11) is 0. The number of rotatable bonds is 9. The van der Waals surface area contributed by atoms with Gasteiger partial charge in [0.15, 0.2) is 0 Å². The van der Waals surface area contributed by atoms with Gasteiger partial charge in [0.25, 0.3) is 0 Å². The van der Waals surface area contributed by atoms with E-state index in [2.05, 4.69) is 28.2 Å². The van der Waals surface area contributed by atoms with E-state index in [9.17, 15) is 4.91 Å². The molecule has 0 aliphatic heterocycles. The summed E-state index contributed by atoms with van der Waals surface area (Å²) in [6.45, 7) is 1.12. The van der Waals surface area contributed by atoms with Gasteiger partial charge in [0.1, 0.15) is 5.69 Å². The zero-order valence-corrected chi connectivity index (χ0v) is 15.8. The van der Waals surface area contributed by atoms with E-state index in [1.54, 1.807) is 0 Å². The molecule has 2 N–H and O–H groups in total. The van der Waals surface area contributed by atoms with Crippen molar-refractivity contribution in [2.75, 3.05) is 28.8 Å². The molecule has 0 bridgehead atoms. The lowest BCUT2D eigenvalue weighted by molar-refractivity contribution is 0.796. The van der Waals surface area contributed by atoms with E-state index in [0.29, 0.717) is 31.6 Å². The molecule has 0 amide bonds. The van der Waals surface area contributed by atoms with E-state index < -0.39 is 0 Å². The van der Waals surface area contributed by atoms with Gasteiger partial charge in [-0.15, -0.1) is 4.91 Å². The van der Waals surface area contributed by atoms with E-state index in [-0.39, 0.29) is 15.7 Å². The average Bonchev–Trinajstić information content (AvgIpc) is 2.68. The Kier molecular flexibility index (Phi) is 7.69. The van der Waals surface area contributed by atoms with Gasteiger partial charge in [-0.05, 0) is 41.6 Å². The molecule has 2 aromatic rings. The first kappa shape index (κ1) is 20.3. The van der Waals surface area contributed by atoms with Gasteiger partial charge in [0, 0.05) is 18.8 Å². The van der Waals surface area contributed by atoms with Gasteiger partial charge in [0.2, 0.25) is 0 Å². The monoisotopic (exact) mass is 402 g/mol. The van der Waals surface area contributed by atoms with Crippen molar-refractivity contribution in [3.05, 3.63) is 51.4 Å². The lowest BCUT2D eigenvalue weighted by Gasteiger charge is -2.23. The molecule has 27 heavy (non-hydrogen) atoms. The van der Waals surface area contributed by atoms with Crippen LogP contribution in [-0.2, 0) is 0 Å². The van der Waals surface area contributed by atoms with Crippen LogP contribution >= 0.6 is 23.2 Å². The molecule has 0 saturated carbocycles. The summed E-state index contributed by atoms with van der Waals surface area (Å²) >= 11 is 12.2. The summed E-state index contributed by atoms with van der Waals surface area (Å²) in [6, 6.07) is 14.5. The first-order valence-corrected chi connectivity index (χ1v) is 8.78. The van der Waals surface area contributed by atoms with Gasteiger partial charge in [-0.2, -0.15) is 10.5 Å². The molecule has 138 valence electrons. The maximum atomic E-state index is 10.6. The zero-order valence-electron chi connectivity index (χ0n) is 14.2. The van der Waals surface area contributed by atoms with Crippen LogP contribution in [0.3, 0.4) is 0 Å². The standard InChI is InChI=1S/C18H16Cl2N6O/c19-16-11-14(25-27)12-17(20)18(16)24-23-13-3-5-15(6-4-13)26(9-1-7-21)10-2-8-22/h3-6,11-12,23-24H,1-2,9-10H2. The number of benzene rings is 2. The number of nitriles is 2. The predicted octanol–water partition coefficient (Wildman–Crippen LogP) is 5.46. The van der Waals surface area contributed by atoms with Crippen molar-refractivity contribution in [2.45, 2.75) is 12.8 Å². The highest BCUT2D eigenvalue weighted by atomic mass is 35.5. The lowest BCUT2D eigenvalue weighted by Crippen LogP contribution is -2.25. The summed E-state index contributed by atoms with van der Waals surface area (Å²) in [4.78, 5) is 12.6. The molecule has 2 rings (SSSR count). The molecule has 0 aromatic heterocycles. The summed E-state index contributed by atoms with van der Waals surface area (Å²) in [5.41, 5.74) is 8.14. The van der Waals surface area contributed by atoms with Crippen molar-refractivity contribution in [3.63, 3.8) is 0 Å². The second-order valence-electron chi connectivity index (χ2n) is 5.48. The minimum absolute atomic E-state index is 0.148. The number of hydrazine groups is 1. The van der Waals surface area contributed by atoms with Gasteiger partial charge in [-0.1, -0.05) is 23.2 Å². The quantitative estimate of drug-likeness (QED) is 0.425. The summed E-state index contributed by atoms with van der Waals surface area (Å²) in [6.07, 6.45) is 0.769. The smallest absolute Gasteiger partial charge is 0.111 e. The maximum absolute atomic E-state index is 10.6. The Hall–Kier alpha value is -3.00. The molecule has 0 spiro atoms. The minimum Gasteiger partial charge on any atom is -0.369 e. The van der Waals surface area contributed by atoms with Gasteiger partial charge < -0.3 is 10.3 Å². The molecule has 0 heterocycles. The number of nitrogens with zero attached hydrogens (tertiary/aromatic N) is 4. The van der Waals surface area contributed by atoms with E-state index in [1.165, 1.54) is 12.1 Å². The number of anilines is 3. The number of hydrogen-bond donors (Lipinski definition) is 2. The average molecular weight is 403 g/mol. The maximum Gasteiger partial charge on any atom is 0.111 e. The topological polar surface area (TPSA) is 104 Å². The minimum atomic E-state index is 0.148. The van der Waals surface area contributed by atoms with Crippen LogP contribution in [0.4, 0.5) is 22.7 Å². The van der Waals surface area contributed by atoms with Gasteiger partial charge >= 0.3 is 0 Å². The predicted molar refractivity (Wildman–Crippen MR) is 108 cm³/mol. The first-order chi connectivity index (χ1) is 13.1. The molecule has 0 aliphatic rings. The fourth-order valence-corrected chi connectivity index (χ4v) is 2.93. The zero-order chi connectivity index (χ0) is 19.6. The first-order valence-electron chi connectivity index (χ1n) is 8.02. The van der Waals surface area contributed by atoms with Crippen LogP contribution in [0.2, 0.25) is 10.0 Å². The lowest BCUT2D eigenvalue weighted by atomic mass is 10.2. The van der Waals surface area contributed by atoms with E-state index in [4.69, 9.17) is 33.7 Å². The van der Waals surface area contributed by atoms with E-state index in [0.717, 1.165) is 11.4 Å². The highest BCUT2D eigenvalue weighted by Crippen LogP contribution is 2.34. The highest BCUT2D eigenvalue weighted by molar-refractivity contribution is 6.39. The fraction of sp³-hybridized carbons (Fsp3) is 0.222. The Balaban J connectivity index is 2.06. The number of nitroso groups, excluding NO2 is 1. The van der Waals surface area contributed by atoms with Gasteiger partial charge in [-0.25, -0.2) is 0 Å². The van der Waals surface area contributed by atoms with E-state index in [1.807, 2.05) is 29.2 Å². The Morgan fingerprint density at radius 3 is 2.00 bits per heavy atom. The Bertz CT molecular complexity index is 832. The third-order valence-electron chi connectivity index (χ3n) is 3.68. The van der Waals surface area contributed by atoms with Crippen LogP contribution in [0.15, 0.2) is 41.6 Å². The van der Waals surface area contributed by atoms with Crippen molar-refractivity contribution in [2.24, 2.45) is 5.18 Å². The molecule has 0 fully saturated rings. The summed E-state index contributed by atoms with van der Waals surface area (Å²) < 4.78 is 0. The molecule has 7 nitrogen and oxygen atoms in total. The summed E-state index contributed by atoms with van der Waals surface area (Å²) in [5.74, 6) is 0. The molecule has 0 aliphatic carbocycles. The Labute approximate surface area is 167 Å². The van der Waals surface area contributed by atoms with Crippen LogP contribution in [0, 0.1) is 27.6 Å². The van der Waals surface area contributed by atoms with Crippen molar-refractivity contribution < 1.29 is 0 Å². The van der Waals surface area contributed by atoms with Crippen molar-refractivity contribution >= 4 is 46.0 Å². The number of hydrogen-bond acceptors (Lipinski definition) is 7. The van der Waals surface area contributed by atoms with Gasteiger partial charge in [-0.3, -0.25) is 5.43 Å². The molecule has 2 aromatic carbocycles. The number of nitrogens with one attached hydrogen (secondary N) is 2. The molecule has 0 saturated heterocycles. The van der Waals surface area contributed by atoms with Gasteiger partial charge in [0.05, 0.1) is 46.4 Å². The Morgan fingerprint density at radius 2 is 1.52 bits per heavy atom. The molecule has 0 unspecified atom stereocenters. The Morgan fingerprint density at radius 1 is 0.963 bits per heavy atom. The summed E-state index contributed by atoms with van der Waals surface area (Å²) in [5, 5.41) is 20.9. The van der Waals surface area contributed by atoms with Crippen LogP contribution in [0.25, 0.3) is 0 Å². The molecule has 9 heteroatoms. The third-order valence-corrected chi connectivity index (χ3v) is 4.28. The molecule has 0 atom stereocenters. The largest absolute Gasteiger partial charge is 0.369 e. The fourth-order valence-electron chi connectivity index (χ4n) is 2.36. The molecular weight excluding hydrogens is 387 g/mol. The number of halogens is 2. The second kappa shape index (κ2) is 10.2. The highest BCUT2D eigenvalue weighted by Gasteiger charge is 2.09. The van der Waals surface area contributed by atoms with E-state index >= 15 is 0 Å². The van der Waals surface area contributed by atoms with Crippen LogP contribution in [-0.4, -0.2) is 13.1 Å².